The van der Waals surface area contributed by atoms with Gasteiger partial charge in [0.15, 0.2) is 0 Å². The van der Waals surface area contributed by atoms with Crippen LogP contribution >= 0.6 is 11.6 Å². The molecule has 0 radical (unpaired) electrons. The van der Waals surface area contributed by atoms with Gasteiger partial charge in [-0.3, -0.25) is 0 Å². The van der Waals surface area contributed by atoms with Crippen LogP contribution < -0.4 is 16.0 Å². The number of nitrogens with one attached hydrogen (secondary N) is 3. The van der Waals surface area contributed by atoms with E-state index in [9.17, 15) is 4.79 Å². The maximum absolute atomic E-state index is 12.4. The second-order valence-corrected chi connectivity index (χ2v) is 6.42. The highest BCUT2D eigenvalue weighted by Gasteiger charge is 2.08. The Kier molecular flexibility index (Phi) is 5.88. The third-order valence-corrected chi connectivity index (χ3v) is 4.17. The van der Waals surface area contributed by atoms with E-state index in [1.165, 1.54) is 6.33 Å². The number of amides is 2. The first kappa shape index (κ1) is 18.7. The van der Waals surface area contributed by atoms with Crippen molar-refractivity contribution in [3.63, 3.8) is 0 Å². The monoisotopic (exact) mass is 381 g/mol. The van der Waals surface area contributed by atoms with E-state index in [-0.39, 0.29) is 6.03 Å². The zero-order chi connectivity index (χ0) is 19.2. The largest absolute Gasteiger partial charge is 0.340 e. The van der Waals surface area contributed by atoms with E-state index >= 15 is 0 Å². The van der Waals surface area contributed by atoms with E-state index in [1.807, 2.05) is 38.1 Å². The Morgan fingerprint density at radius 3 is 2.44 bits per heavy atom. The summed E-state index contributed by atoms with van der Waals surface area (Å²) in [4.78, 5) is 20.6. The lowest BCUT2D eigenvalue weighted by molar-refractivity contribution is 0.262. The molecular formula is C20H20ClN5O. The summed E-state index contributed by atoms with van der Waals surface area (Å²) >= 11 is 5.87. The number of benzene rings is 2. The highest BCUT2D eigenvalue weighted by atomic mass is 35.5. The number of hydrogen-bond donors (Lipinski definition) is 3. The molecule has 27 heavy (non-hydrogen) atoms. The molecule has 0 bridgehead atoms. The van der Waals surface area contributed by atoms with Gasteiger partial charge in [-0.25, -0.2) is 14.8 Å². The van der Waals surface area contributed by atoms with E-state index in [0.29, 0.717) is 16.5 Å². The van der Waals surface area contributed by atoms with Crippen molar-refractivity contribution in [3.05, 3.63) is 71.1 Å². The van der Waals surface area contributed by atoms with Crippen molar-refractivity contribution in [1.29, 1.82) is 0 Å². The van der Waals surface area contributed by atoms with Crippen molar-refractivity contribution in [3.8, 4) is 0 Å². The van der Waals surface area contributed by atoms with E-state index in [4.69, 9.17) is 11.6 Å². The first-order valence-electron chi connectivity index (χ1n) is 8.55. The predicted octanol–water partition coefficient (Wildman–Crippen LogP) is 5.39. The predicted molar refractivity (Wildman–Crippen MR) is 110 cm³/mol. The zero-order valence-electron chi connectivity index (χ0n) is 15.1. The molecule has 0 saturated heterocycles. The molecule has 0 fully saturated rings. The standard InChI is InChI=1S/C20H20ClN5O/c1-3-14-4-7-17(24-19-10-13(2)22-12-23-19)11-18(14)26-20(27)25-16-8-5-15(21)6-9-16/h4-12H,3H2,1-2H3,(H,22,23,24)(H2,25,26,27). The highest BCUT2D eigenvalue weighted by Crippen LogP contribution is 2.24. The van der Waals surface area contributed by atoms with Crippen LogP contribution in [0.3, 0.4) is 0 Å². The molecule has 0 aliphatic heterocycles. The molecule has 2 aromatic carbocycles. The number of anilines is 4. The molecule has 1 aromatic heterocycles. The molecule has 3 rings (SSSR count). The third kappa shape index (κ3) is 5.18. The summed E-state index contributed by atoms with van der Waals surface area (Å²) in [6, 6.07) is 14.3. The molecule has 2 amide bonds. The average molecular weight is 382 g/mol. The molecule has 0 atom stereocenters. The number of aryl methyl sites for hydroxylation is 2. The van der Waals surface area contributed by atoms with Crippen LogP contribution in [0, 0.1) is 6.92 Å². The van der Waals surface area contributed by atoms with Crippen LogP contribution in [0.15, 0.2) is 54.9 Å². The van der Waals surface area contributed by atoms with Gasteiger partial charge >= 0.3 is 6.03 Å². The Morgan fingerprint density at radius 1 is 1.00 bits per heavy atom. The fourth-order valence-electron chi connectivity index (χ4n) is 2.57. The van der Waals surface area contributed by atoms with Crippen molar-refractivity contribution < 1.29 is 4.79 Å². The van der Waals surface area contributed by atoms with Crippen molar-refractivity contribution in [1.82, 2.24) is 9.97 Å². The molecule has 3 aromatic rings. The van der Waals surface area contributed by atoms with Gasteiger partial charge in [0.05, 0.1) is 0 Å². The summed E-state index contributed by atoms with van der Waals surface area (Å²) in [5, 5.41) is 9.55. The van der Waals surface area contributed by atoms with Crippen molar-refractivity contribution >= 4 is 40.5 Å². The van der Waals surface area contributed by atoms with Crippen LogP contribution in [0.5, 0.6) is 0 Å². The first-order chi connectivity index (χ1) is 13.0. The van der Waals surface area contributed by atoms with E-state index < -0.39 is 0 Å². The number of nitrogens with zero attached hydrogens (tertiary/aromatic N) is 2. The maximum Gasteiger partial charge on any atom is 0.323 e. The summed E-state index contributed by atoms with van der Waals surface area (Å²) in [6.07, 6.45) is 2.31. The van der Waals surface area contributed by atoms with E-state index in [2.05, 4.69) is 25.9 Å². The number of hydrogen-bond acceptors (Lipinski definition) is 4. The lowest BCUT2D eigenvalue weighted by atomic mass is 10.1. The highest BCUT2D eigenvalue weighted by molar-refractivity contribution is 6.30. The van der Waals surface area contributed by atoms with Crippen LogP contribution in [0.25, 0.3) is 0 Å². The molecular weight excluding hydrogens is 362 g/mol. The molecule has 6 nitrogen and oxygen atoms in total. The minimum absolute atomic E-state index is 0.318. The summed E-state index contributed by atoms with van der Waals surface area (Å²) in [5.74, 6) is 0.698. The zero-order valence-corrected chi connectivity index (χ0v) is 15.8. The SMILES string of the molecule is CCc1ccc(Nc2cc(C)ncn2)cc1NC(=O)Nc1ccc(Cl)cc1. The summed E-state index contributed by atoms with van der Waals surface area (Å²) < 4.78 is 0. The minimum atomic E-state index is -0.318. The topological polar surface area (TPSA) is 78.9 Å². The molecule has 7 heteroatoms. The smallest absolute Gasteiger partial charge is 0.323 e. The van der Waals surface area contributed by atoms with Gasteiger partial charge in [-0.05, 0) is 55.3 Å². The van der Waals surface area contributed by atoms with Gasteiger partial charge in [-0.1, -0.05) is 24.6 Å². The summed E-state index contributed by atoms with van der Waals surface area (Å²) in [5.41, 5.74) is 4.14. The fraction of sp³-hybridized carbons (Fsp3) is 0.150. The van der Waals surface area contributed by atoms with Gasteiger partial charge in [-0.15, -0.1) is 0 Å². The van der Waals surface area contributed by atoms with Crippen LogP contribution in [-0.4, -0.2) is 16.0 Å². The summed E-state index contributed by atoms with van der Waals surface area (Å²) in [6.45, 7) is 3.94. The quantitative estimate of drug-likeness (QED) is 0.553. The maximum atomic E-state index is 12.4. The van der Waals surface area contributed by atoms with Crippen molar-refractivity contribution in [2.45, 2.75) is 20.3 Å². The lowest BCUT2D eigenvalue weighted by Gasteiger charge is -2.14. The van der Waals surface area contributed by atoms with Gasteiger partial charge in [0.1, 0.15) is 12.1 Å². The molecule has 0 unspecified atom stereocenters. The number of carbonyl (C=O) groups is 1. The van der Waals surface area contributed by atoms with Crippen molar-refractivity contribution in [2.24, 2.45) is 0 Å². The van der Waals surface area contributed by atoms with Gasteiger partial charge in [-0.2, -0.15) is 0 Å². The van der Waals surface area contributed by atoms with Crippen LogP contribution in [0.4, 0.5) is 27.7 Å². The summed E-state index contributed by atoms with van der Waals surface area (Å²) in [7, 11) is 0. The van der Waals surface area contributed by atoms with Crippen molar-refractivity contribution in [2.75, 3.05) is 16.0 Å². The van der Waals surface area contributed by atoms with Gasteiger partial charge in [0.25, 0.3) is 0 Å². The average Bonchev–Trinajstić information content (AvgIpc) is 2.64. The van der Waals surface area contributed by atoms with Gasteiger partial charge < -0.3 is 16.0 Å². The molecule has 1 heterocycles. The number of aromatic nitrogens is 2. The molecule has 0 saturated carbocycles. The van der Waals surface area contributed by atoms with Gasteiger partial charge in [0, 0.05) is 33.8 Å². The number of halogens is 1. The normalized spacial score (nSPS) is 10.3. The molecule has 138 valence electrons. The van der Waals surface area contributed by atoms with Crippen LogP contribution in [0.1, 0.15) is 18.2 Å². The van der Waals surface area contributed by atoms with E-state index in [0.717, 1.165) is 29.1 Å². The minimum Gasteiger partial charge on any atom is -0.340 e. The van der Waals surface area contributed by atoms with Crippen LogP contribution in [0.2, 0.25) is 5.02 Å². The Hall–Kier alpha value is -3.12. The lowest BCUT2D eigenvalue weighted by Crippen LogP contribution is -2.20. The Balaban J connectivity index is 1.74. The Morgan fingerprint density at radius 2 is 1.74 bits per heavy atom. The second-order valence-electron chi connectivity index (χ2n) is 5.98. The van der Waals surface area contributed by atoms with E-state index in [1.54, 1.807) is 24.3 Å². The number of urea groups is 1. The van der Waals surface area contributed by atoms with Crippen LogP contribution in [-0.2, 0) is 6.42 Å². The number of carbonyl (C=O) groups excluding carboxylic acids is 1. The third-order valence-electron chi connectivity index (χ3n) is 3.92. The van der Waals surface area contributed by atoms with Gasteiger partial charge in [0.2, 0.25) is 0 Å². The molecule has 3 N–H and O–H groups in total. The number of rotatable bonds is 5. The Labute approximate surface area is 163 Å². The molecule has 0 spiro atoms. The second kappa shape index (κ2) is 8.51. The molecule has 0 aliphatic carbocycles. The Bertz CT molecular complexity index is 943. The fourth-order valence-corrected chi connectivity index (χ4v) is 2.69. The molecule has 0 aliphatic rings. The first-order valence-corrected chi connectivity index (χ1v) is 8.93.